The first-order valence-electron chi connectivity index (χ1n) is 7.62. The van der Waals surface area contributed by atoms with Crippen LogP contribution in [0.2, 0.25) is 5.02 Å². The van der Waals surface area contributed by atoms with Crippen LogP contribution in [0.5, 0.6) is 0 Å². The molecule has 0 aliphatic carbocycles. The van der Waals surface area contributed by atoms with Crippen LogP contribution in [0.25, 0.3) is 5.69 Å². The number of para-hydroxylation sites is 1. The smallest absolute Gasteiger partial charge is 0.255 e. The van der Waals surface area contributed by atoms with Crippen LogP contribution >= 0.6 is 11.6 Å². The summed E-state index contributed by atoms with van der Waals surface area (Å²) in [7, 11) is 0. The highest BCUT2D eigenvalue weighted by Crippen LogP contribution is 2.23. The van der Waals surface area contributed by atoms with Crippen molar-refractivity contribution in [2.45, 2.75) is 33.2 Å². The van der Waals surface area contributed by atoms with Crippen molar-refractivity contribution in [3.8, 4) is 5.69 Å². The van der Waals surface area contributed by atoms with Crippen molar-refractivity contribution in [2.75, 3.05) is 6.54 Å². The lowest BCUT2D eigenvalue weighted by Gasteiger charge is -2.33. The topological polar surface area (TPSA) is 72.9 Å². The molecule has 1 aromatic heterocycles. The van der Waals surface area contributed by atoms with E-state index in [1.54, 1.807) is 16.9 Å². The number of benzene rings is 1. The van der Waals surface area contributed by atoms with Gasteiger partial charge in [0.05, 0.1) is 33.7 Å². The van der Waals surface area contributed by atoms with Gasteiger partial charge in [0, 0.05) is 6.54 Å². The molecule has 124 valence electrons. The standard InChI is InChI=1S/C17H23ClN4O/c1-11(2)17(4,10-19)21-16(23)13-9-20-22(12(13)3)15-8-6-5-7-14(15)18/h5-9,11H,10,19H2,1-4H3,(H,21,23). The fraction of sp³-hybridized carbons (Fsp3) is 0.412. The van der Waals surface area contributed by atoms with E-state index >= 15 is 0 Å². The second-order valence-corrected chi connectivity index (χ2v) is 6.64. The first-order chi connectivity index (χ1) is 10.8. The third-order valence-corrected chi connectivity index (χ3v) is 4.75. The van der Waals surface area contributed by atoms with Crippen molar-refractivity contribution in [2.24, 2.45) is 11.7 Å². The van der Waals surface area contributed by atoms with E-state index < -0.39 is 5.54 Å². The third kappa shape index (κ3) is 3.41. The minimum atomic E-state index is -0.462. The van der Waals surface area contributed by atoms with Crippen molar-refractivity contribution >= 4 is 17.5 Å². The maximum absolute atomic E-state index is 12.6. The molecule has 23 heavy (non-hydrogen) atoms. The fourth-order valence-electron chi connectivity index (χ4n) is 2.26. The van der Waals surface area contributed by atoms with E-state index in [1.165, 1.54) is 0 Å². The Morgan fingerprint density at radius 2 is 2.09 bits per heavy atom. The summed E-state index contributed by atoms with van der Waals surface area (Å²) in [4.78, 5) is 12.6. The fourth-order valence-corrected chi connectivity index (χ4v) is 2.47. The predicted molar refractivity (Wildman–Crippen MR) is 93.1 cm³/mol. The molecule has 0 saturated heterocycles. The van der Waals surface area contributed by atoms with Gasteiger partial charge in [0.1, 0.15) is 0 Å². The maximum Gasteiger partial charge on any atom is 0.255 e. The molecule has 0 spiro atoms. The minimum absolute atomic E-state index is 0.178. The van der Waals surface area contributed by atoms with Crippen molar-refractivity contribution < 1.29 is 4.79 Å². The second kappa shape index (κ2) is 6.72. The highest BCUT2D eigenvalue weighted by atomic mass is 35.5. The lowest BCUT2D eigenvalue weighted by Crippen LogP contribution is -2.55. The molecule has 1 unspecified atom stereocenters. The van der Waals surface area contributed by atoms with E-state index in [-0.39, 0.29) is 11.8 Å². The van der Waals surface area contributed by atoms with Crippen molar-refractivity contribution in [3.63, 3.8) is 0 Å². The maximum atomic E-state index is 12.6. The Morgan fingerprint density at radius 3 is 2.65 bits per heavy atom. The van der Waals surface area contributed by atoms with Gasteiger partial charge in [0.2, 0.25) is 0 Å². The minimum Gasteiger partial charge on any atom is -0.345 e. The zero-order valence-corrected chi connectivity index (χ0v) is 14.7. The number of nitrogens with two attached hydrogens (primary N) is 1. The van der Waals surface area contributed by atoms with Gasteiger partial charge < -0.3 is 11.1 Å². The molecule has 6 heteroatoms. The van der Waals surface area contributed by atoms with Crippen molar-refractivity contribution in [1.29, 1.82) is 0 Å². The molecule has 3 N–H and O–H groups in total. The molecule has 0 fully saturated rings. The summed E-state index contributed by atoms with van der Waals surface area (Å²) in [5.74, 6) is 0.0397. The molecule has 2 aromatic rings. The summed E-state index contributed by atoms with van der Waals surface area (Å²) in [6.07, 6.45) is 1.56. The van der Waals surface area contributed by atoms with Crippen LogP contribution < -0.4 is 11.1 Å². The van der Waals surface area contributed by atoms with Gasteiger partial charge in [-0.2, -0.15) is 5.10 Å². The molecule has 0 saturated carbocycles. The average Bonchev–Trinajstić information content (AvgIpc) is 2.89. The molecule has 0 bridgehead atoms. The Hall–Kier alpha value is -1.85. The van der Waals surface area contributed by atoms with Crippen molar-refractivity contribution in [3.05, 3.63) is 46.7 Å². The molecule has 1 aromatic carbocycles. The molecule has 0 aliphatic heterocycles. The highest BCUT2D eigenvalue weighted by Gasteiger charge is 2.30. The number of halogens is 1. The molecule has 5 nitrogen and oxygen atoms in total. The predicted octanol–water partition coefficient (Wildman–Crippen LogP) is 2.94. The zero-order chi connectivity index (χ0) is 17.2. The number of nitrogens with zero attached hydrogens (tertiary/aromatic N) is 2. The Balaban J connectivity index is 2.33. The van der Waals surface area contributed by atoms with Crippen LogP contribution in [0.15, 0.2) is 30.5 Å². The largest absolute Gasteiger partial charge is 0.345 e. The molecule has 2 rings (SSSR count). The summed E-state index contributed by atoms with van der Waals surface area (Å²) >= 11 is 6.21. The number of rotatable bonds is 5. The van der Waals surface area contributed by atoms with E-state index in [0.29, 0.717) is 17.1 Å². The Bertz CT molecular complexity index is 710. The molecular weight excluding hydrogens is 312 g/mol. The molecule has 0 aliphatic rings. The number of aromatic nitrogens is 2. The SMILES string of the molecule is Cc1c(C(=O)NC(C)(CN)C(C)C)cnn1-c1ccccc1Cl. The van der Waals surface area contributed by atoms with Gasteiger partial charge in [0.25, 0.3) is 5.91 Å². The number of hydrogen-bond donors (Lipinski definition) is 2. The van der Waals surface area contributed by atoms with Crippen LogP contribution in [0.3, 0.4) is 0 Å². The van der Waals surface area contributed by atoms with Gasteiger partial charge in [-0.1, -0.05) is 37.6 Å². The van der Waals surface area contributed by atoms with Crippen LogP contribution in [-0.4, -0.2) is 27.8 Å². The van der Waals surface area contributed by atoms with Gasteiger partial charge >= 0.3 is 0 Å². The third-order valence-electron chi connectivity index (χ3n) is 4.43. The van der Waals surface area contributed by atoms with Gasteiger partial charge in [-0.05, 0) is 31.9 Å². The number of hydrogen-bond acceptors (Lipinski definition) is 3. The average molecular weight is 335 g/mol. The second-order valence-electron chi connectivity index (χ2n) is 6.24. The van der Waals surface area contributed by atoms with E-state index in [4.69, 9.17) is 17.3 Å². The number of carbonyl (C=O) groups excluding carboxylic acids is 1. The number of amides is 1. The summed E-state index contributed by atoms with van der Waals surface area (Å²) in [6.45, 7) is 8.23. The van der Waals surface area contributed by atoms with Gasteiger partial charge in [-0.3, -0.25) is 4.79 Å². The van der Waals surface area contributed by atoms with Crippen LogP contribution in [0.1, 0.15) is 36.8 Å². The molecule has 1 heterocycles. The first kappa shape index (κ1) is 17.5. The summed E-state index contributed by atoms with van der Waals surface area (Å²) in [6, 6.07) is 7.39. The van der Waals surface area contributed by atoms with Crippen molar-refractivity contribution in [1.82, 2.24) is 15.1 Å². The van der Waals surface area contributed by atoms with E-state index in [9.17, 15) is 4.79 Å². The Labute approximate surface area is 141 Å². The van der Waals surface area contributed by atoms with Gasteiger partial charge in [-0.25, -0.2) is 4.68 Å². The molecular formula is C17H23ClN4O. The lowest BCUT2D eigenvalue weighted by atomic mass is 9.88. The van der Waals surface area contributed by atoms with E-state index in [1.807, 2.05) is 45.9 Å². The van der Waals surface area contributed by atoms with Gasteiger partial charge in [-0.15, -0.1) is 0 Å². The van der Waals surface area contributed by atoms with Gasteiger partial charge in [0.15, 0.2) is 0 Å². The normalized spacial score (nSPS) is 13.9. The molecule has 1 amide bonds. The lowest BCUT2D eigenvalue weighted by molar-refractivity contribution is 0.0882. The van der Waals surface area contributed by atoms with Crippen LogP contribution in [0, 0.1) is 12.8 Å². The van der Waals surface area contributed by atoms with Crippen LogP contribution in [0.4, 0.5) is 0 Å². The highest BCUT2D eigenvalue weighted by molar-refractivity contribution is 6.32. The summed E-state index contributed by atoms with van der Waals surface area (Å²) in [5, 5.41) is 7.92. The Morgan fingerprint density at radius 1 is 1.43 bits per heavy atom. The quantitative estimate of drug-likeness (QED) is 0.883. The first-order valence-corrected chi connectivity index (χ1v) is 8.00. The molecule has 1 atom stereocenters. The van der Waals surface area contributed by atoms with E-state index in [0.717, 1.165) is 11.4 Å². The Kier molecular flexibility index (Phi) is 5.12. The molecule has 0 radical (unpaired) electrons. The zero-order valence-electron chi connectivity index (χ0n) is 13.9. The monoisotopic (exact) mass is 334 g/mol. The van der Waals surface area contributed by atoms with E-state index in [2.05, 4.69) is 10.4 Å². The number of nitrogens with one attached hydrogen (secondary N) is 1. The summed E-state index contributed by atoms with van der Waals surface area (Å²) in [5.41, 5.74) is 7.37. The number of carbonyl (C=O) groups is 1. The summed E-state index contributed by atoms with van der Waals surface area (Å²) < 4.78 is 1.67. The van der Waals surface area contributed by atoms with Crippen LogP contribution in [-0.2, 0) is 0 Å².